The second kappa shape index (κ2) is 6.94. The summed E-state index contributed by atoms with van der Waals surface area (Å²) < 4.78 is 12.2. The molecule has 0 aliphatic carbocycles. The molecule has 26 heavy (non-hydrogen) atoms. The van der Waals surface area contributed by atoms with Crippen molar-refractivity contribution in [1.29, 1.82) is 0 Å². The van der Waals surface area contributed by atoms with Crippen LogP contribution in [-0.4, -0.2) is 63.0 Å². The fourth-order valence-electron chi connectivity index (χ4n) is 3.42. The standard InChI is InChI=1S/C16H21N3O7/c1-2-25-13(22)10-11(20)12(21)19-6-3-9-26-16(14(19)17-10)4-7-18(8-5-16)15(23)24/h20H,2-9H2,1H3,(H,23,24). The lowest BCUT2D eigenvalue weighted by atomic mass is 9.89. The molecule has 142 valence electrons. The van der Waals surface area contributed by atoms with Crippen LogP contribution in [0, 0.1) is 0 Å². The van der Waals surface area contributed by atoms with E-state index in [1.165, 1.54) is 9.47 Å². The number of esters is 1. The normalized spacial score (nSPS) is 18.9. The van der Waals surface area contributed by atoms with Crippen molar-refractivity contribution in [2.24, 2.45) is 0 Å². The fourth-order valence-corrected chi connectivity index (χ4v) is 3.42. The molecule has 3 heterocycles. The van der Waals surface area contributed by atoms with Gasteiger partial charge in [-0.3, -0.25) is 9.36 Å². The van der Waals surface area contributed by atoms with Crippen LogP contribution in [0.3, 0.4) is 0 Å². The van der Waals surface area contributed by atoms with Gasteiger partial charge in [-0.15, -0.1) is 0 Å². The number of hydrogen-bond acceptors (Lipinski definition) is 7. The quantitative estimate of drug-likeness (QED) is 0.723. The van der Waals surface area contributed by atoms with Gasteiger partial charge in [0.2, 0.25) is 5.75 Å². The van der Waals surface area contributed by atoms with Crippen molar-refractivity contribution in [2.45, 2.75) is 38.3 Å². The number of carbonyl (C=O) groups excluding carboxylic acids is 1. The van der Waals surface area contributed by atoms with Crippen LogP contribution >= 0.6 is 0 Å². The first-order chi connectivity index (χ1) is 12.4. The molecule has 2 aliphatic rings. The van der Waals surface area contributed by atoms with Crippen LogP contribution in [0.15, 0.2) is 4.79 Å². The average molecular weight is 367 g/mol. The maximum atomic E-state index is 12.6. The van der Waals surface area contributed by atoms with Gasteiger partial charge in [0.15, 0.2) is 5.69 Å². The largest absolute Gasteiger partial charge is 0.501 e. The van der Waals surface area contributed by atoms with Crippen LogP contribution in [0.5, 0.6) is 5.75 Å². The van der Waals surface area contributed by atoms with E-state index in [1.54, 1.807) is 6.92 Å². The van der Waals surface area contributed by atoms with E-state index in [-0.39, 0.29) is 25.5 Å². The summed E-state index contributed by atoms with van der Waals surface area (Å²) >= 11 is 0. The second-order valence-electron chi connectivity index (χ2n) is 6.28. The van der Waals surface area contributed by atoms with Gasteiger partial charge < -0.3 is 24.6 Å². The van der Waals surface area contributed by atoms with E-state index in [0.717, 1.165) is 0 Å². The molecule has 1 spiro atoms. The summed E-state index contributed by atoms with van der Waals surface area (Å²) in [6.45, 7) is 2.79. The van der Waals surface area contributed by atoms with Gasteiger partial charge in [0.05, 0.1) is 6.61 Å². The van der Waals surface area contributed by atoms with Gasteiger partial charge >= 0.3 is 12.1 Å². The summed E-state index contributed by atoms with van der Waals surface area (Å²) in [7, 11) is 0. The Morgan fingerprint density at radius 3 is 2.62 bits per heavy atom. The molecular formula is C16H21N3O7. The lowest BCUT2D eigenvalue weighted by molar-refractivity contribution is -0.0881. The Labute approximate surface area is 149 Å². The van der Waals surface area contributed by atoms with Crippen molar-refractivity contribution >= 4 is 12.1 Å². The molecule has 3 rings (SSSR count). The second-order valence-corrected chi connectivity index (χ2v) is 6.28. The van der Waals surface area contributed by atoms with Crippen LogP contribution in [0.4, 0.5) is 4.79 Å². The predicted octanol–water partition coefficient (Wildman–Crippen LogP) is 0.515. The highest BCUT2D eigenvalue weighted by atomic mass is 16.5. The zero-order valence-corrected chi connectivity index (χ0v) is 14.4. The number of nitrogens with zero attached hydrogens (tertiary/aromatic N) is 3. The number of carbonyl (C=O) groups is 2. The van der Waals surface area contributed by atoms with Gasteiger partial charge in [-0.1, -0.05) is 0 Å². The molecule has 1 amide bonds. The number of amides is 1. The summed E-state index contributed by atoms with van der Waals surface area (Å²) in [6, 6.07) is 0. The van der Waals surface area contributed by atoms with Crippen LogP contribution in [0.2, 0.25) is 0 Å². The predicted molar refractivity (Wildman–Crippen MR) is 87.2 cm³/mol. The summed E-state index contributed by atoms with van der Waals surface area (Å²) in [6.07, 6.45) is 0.131. The maximum absolute atomic E-state index is 12.6. The van der Waals surface area contributed by atoms with Crippen molar-refractivity contribution in [3.63, 3.8) is 0 Å². The number of piperidine rings is 1. The first-order valence-electron chi connectivity index (χ1n) is 8.53. The number of ether oxygens (including phenoxy) is 2. The van der Waals surface area contributed by atoms with Gasteiger partial charge in [0.25, 0.3) is 5.56 Å². The van der Waals surface area contributed by atoms with Crippen LogP contribution in [0.1, 0.15) is 42.5 Å². The smallest absolute Gasteiger partial charge is 0.407 e. The van der Waals surface area contributed by atoms with Crippen molar-refractivity contribution in [3.8, 4) is 5.75 Å². The Morgan fingerprint density at radius 2 is 2.00 bits per heavy atom. The molecule has 10 heteroatoms. The van der Waals surface area contributed by atoms with Crippen molar-refractivity contribution in [1.82, 2.24) is 14.5 Å². The van der Waals surface area contributed by atoms with E-state index in [1.807, 2.05) is 0 Å². The molecule has 1 saturated heterocycles. The number of hydrogen-bond donors (Lipinski definition) is 2. The van der Waals surface area contributed by atoms with Crippen LogP contribution < -0.4 is 5.56 Å². The van der Waals surface area contributed by atoms with Gasteiger partial charge in [-0.2, -0.15) is 0 Å². The third-order valence-corrected chi connectivity index (χ3v) is 4.77. The van der Waals surface area contributed by atoms with Crippen LogP contribution in [-0.2, 0) is 21.6 Å². The monoisotopic (exact) mass is 367 g/mol. The molecule has 10 nitrogen and oxygen atoms in total. The van der Waals surface area contributed by atoms with E-state index in [9.17, 15) is 19.5 Å². The third kappa shape index (κ3) is 3.00. The Morgan fingerprint density at radius 1 is 1.31 bits per heavy atom. The highest BCUT2D eigenvalue weighted by Gasteiger charge is 2.44. The minimum atomic E-state index is -1.02. The number of rotatable bonds is 2. The zero-order valence-electron chi connectivity index (χ0n) is 14.4. The van der Waals surface area contributed by atoms with E-state index in [4.69, 9.17) is 14.6 Å². The molecular weight excluding hydrogens is 346 g/mol. The molecule has 1 fully saturated rings. The third-order valence-electron chi connectivity index (χ3n) is 4.77. The number of carboxylic acid groups (broad SMARTS) is 1. The topological polar surface area (TPSA) is 131 Å². The Bertz CT molecular complexity index is 781. The van der Waals surface area contributed by atoms with Crippen molar-refractivity contribution in [2.75, 3.05) is 26.3 Å². The number of aromatic hydroxyl groups is 1. The van der Waals surface area contributed by atoms with Crippen LogP contribution in [0.25, 0.3) is 0 Å². The highest BCUT2D eigenvalue weighted by molar-refractivity contribution is 5.90. The number of aromatic nitrogens is 2. The zero-order chi connectivity index (χ0) is 18.9. The Kier molecular flexibility index (Phi) is 4.86. The first-order valence-corrected chi connectivity index (χ1v) is 8.53. The summed E-state index contributed by atoms with van der Waals surface area (Å²) in [4.78, 5) is 41.4. The molecule has 2 aliphatic heterocycles. The lowest BCUT2D eigenvalue weighted by Gasteiger charge is -2.39. The van der Waals surface area contributed by atoms with Gasteiger partial charge in [-0.05, 0) is 13.3 Å². The number of fused-ring (bicyclic) bond motifs is 2. The van der Waals surface area contributed by atoms with Gasteiger partial charge in [-0.25, -0.2) is 14.6 Å². The minimum Gasteiger partial charge on any atom is -0.501 e. The molecule has 0 atom stereocenters. The van der Waals surface area contributed by atoms with E-state index in [0.29, 0.717) is 32.4 Å². The van der Waals surface area contributed by atoms with Crippen molar-refractivity contribution < 1.29 is 29.3 Å². The van der Waals surface area contributed by atoms with E-state index in [2.05, 4.69) is 4.98 Å². The highest BCUT2D eigenvalue weighted by Crippen LogP contribution is 2.37. The molecule has 1 aromatic heterocycles. The summed E-state index contributed by atoms with van der Waals surface area (Å²) in [5, 5.41) is 19.3. The molecule has 0 radical (unpaired) electrons. The maximum Gasteiger partial charge on any atom is 0.407 e. The van der Waals surface area contributed by atoms with Gasteiger partial charge in [0.1, 0.15) is 11.4 Å². The van der Waals surface area contributed by atoms with Gasteiger partial charge in [0, 0.05) is 39.1 Å². The van der Waals surface area contributed by atoms with E-state index < -0.39 is 34.7 Å². The Hall–Kier alpha value is -2.62. The lowest BCUT2D eigenvalue weighted by Crippen LogP contribution is -2.48. The summed E-state index contributed by atoms with van der Waals surface area (Å²) in [5.41, 5.74) is -2.13. The molecule has 2 N–H and O–H groups in total. The molecule has 0 unspecified atom stereocenters. The first kappa shape index (κ1) is 18.2. The van der Waals surface area contributed by atoms with E-state index >= 15 is 0 Å². The number of likely N-dealkylation sites (tertiary alicyclic amines) is 1. The average Bonchev–Trinajstić information content (AvgIpc) is 2.79. The summed E-state index contributed by atoms with van der Waals surface area (Å²) in [5.74, 6) is -1.38. The molecule has 0 aromatic carbocycles. The SMILES string of the molecule is CCOC(=O)c1nc2n(c(=O)c1O)CCCOC21CCN(C(=O)O)CC1. The Balaban J connectivity index is 2.08. The minimum absolute atomic E-state index is 0.0770. The molecule has 1 aromatic rings. The molecule has 0 bridgehead atoms. The van der Waals surface area contributed by atoms with Crippen molar-refractivity contribution in [3.05, 3.63) is 21.9 Å². The fraction of sp³-hybridized carbons (Fsp3) is 0.625. The molecule has 0 saturated carbocycles.